The Labute approximate surface area is 109 Å². The predicted molar refractivity (Wildman–Crippen MR) is 69.9 cm³/mol. The molecule has 18 heavy (non-hydrogen) atoms. The van der Waals surface area contributed by atoms with Gasteiger partial charge in [-0.3, -0.25) is 9.59 Å². The molecule has 0 spiro atoms. The van der Waals surface area contributed by atoms with E-state index in [1.165, 1.54) is 0 Å². The van der Waals surface area contributed by atoms with Crippen LogP contribution in [0.4, 0.5) is 0 Å². The minimum atomic E-state index is -0.333. The van der Waals surface area contributed by atoms with Gasteiger partial charge in [-0.15, -0.1) is 0 Å². The third kappa shape index (κ3) is 2.25. The molecule has 2 fully saturated rings. The highest BCUT2D eigenvalue weighted by Gasteiger charge is 2.49. The minimum absolute atomic E-state index is 0.0519. The second-order valence-electron chi connectivity index (χ2n) is 5.99. The quantitative estimate of drug-likeness (QED) is 0.825. The van der Waals surface area contributed by atoms with Gasteiger partial charge in [0.1, 0.15) is 12.1 Å². The van der Waals surface area contributed by atoms with Crippen LogP contribution in [0.25, 0.3) is 0 Å². The highest BCUT2D eigenvalue weighted by Crippen LogP contribution is 2.38. The van der Waals surface area contributed by atoms with Crippen LogP contribution in [0.2, 0.25) is 0 Å². The second kappa shape index (κ2) is 4.90. The Morgan fingerprint density at radius 3 is 2.33 bits per heavy atom. The fourth-order valence-corrected chi connectivity index (χ4v) is 2.77. The molecule has 0 radical (unpaired) electrons. The molecule has 1 saturated heterocycles. The normalized spacial score (nSPS) is 30.6. The Balaban J connectivity index is 2.23. The number of carbonyl (C=O) groups is 2. The van der Waals surface area contributed by atoms with Gasteiger partial charge in [0.25, 0.3) is 0 Å². The zero-order chi connectivity index (χ0) is 13.4. The lowest BCUT2D eigenvalue weighted by molar-refractivity contribution is -0.153. The molecule has 4 nitrogen and oxygen atoms in total. The summed E-state index contributed by atoms with van der Waals surface area (Å²) in [6, 6.07) is -0.460. The maximum absolute atomic E-state index is 12.6. The summed E-state index contributed by atoms with van der Waals surface area (Å²) in [4.78, 5) is 26.7. The lowest BCUT2D eigenvalue weighted by Gasteiger charge is -2.43. The van der Waals surface area contributed by atoms with E-state index >= 15 is 0 Å². The van der Waals surface area contributed by atoms with Crippen LogP contribution in [0.1, 0.15) is 47.0 Å². The number of carbonyl (C=O) groups excluding carboxylic acids is 2. The molecule has 3 atom stereocenters. The zero-order valence-electron chi connectivity index (χ0n) is 11.8. The van der Waals surface area contributed by atoms with Crippen LogP contribution in [-0.4, -0.2) is 34.8 Å². The Morgan fingerprint density at radius 1 is 1.28 bits per heavy atom. The molecule has 1 aliphatic carbocycles. The van der Waals surface area contributed by atoms with Crippen molar-refractivity contribution in [1.82, 2.24) is 10.2 Å². The highest BCUT2D eigenvalue weighted by atomic mass is 16.2. The summed E-state index contributed by atoms with van der Waals surface area (Å²) in [5.41, 5.74) is 0. The summed E-state index contributed by atoms with van der Waals surface area (Å²) >= 11 is 0. The van der Waals surface area contributed by atoms with E-state index in [4.69, 9.17) is 0 Å². The van der Waals surface area contributed by atoms with Crippen LogP contribution >= 0.6 is 0 Å². The molecule has 0 bridgehead atoms. The van der Waals surface area contributed by atoms with Gasteiger partial charge in [-0.05, 0) is 38.5 Å². The van der Waals surface area contributed by atoms with Gasteiger partial charge >= 0.3 is 0 Å². The van der Waals surface area contributed by atoms with E-state index < -0.39 is 0 Å². The summed E-state index contributed by atoms with van der Waals surface area (Å²) in [6.45, 7) is 8.08. The summed E-state index contributed by atoms with van der Waals surface area (Å²) in [5, 5.41) is 2.94. The van der Waals surface area contributed by atoms with Crippen molar-refractivity contribution in [2.75, 3.05) is 0 Å². The monoisotopic (exact) mass is 252 g/mol. The van der Waals surface area contributed by atoms with E-state index in [2.05, 4.69) is 12.2 Å². The van der Waals surface area contributed by atoms with Gasteiger partial charge < -0.3 is 10.2 Å². The number of hydrogen-bond donors (Lipinski definition) is 1. The summed E-state index contributed by atoms with van der Waals surface area (Å²) in [6.07, 6.45) is 3.04. The molecule has 2 rings (SSSR count). The lowest BCUT2D eigenvalue weighted by atomic mass is 9.92. The number of rotatable bonds is 4. The molecular formula is C14H24N2O2. The standard InChI is InChI=1S/C14H24N2O2/c1-5-9(4)11-14(18)16(8(2)3)12(10-6-7-10)13(17)15-11/h8-12H,5-7H2,1-4H3,(H,15,17). The maximum atomic E-state index is 12.6. The smallest absolute Gasteiger partial charge is 0.246 e. The average Bonchev–Trinajstić information content (AvgIpc) is 3.13. The van der Waals surface area contributed by atoms with E-state index in [-0.39, 0.29) is 35.9 Å². The molecule has 2 aliphatic rings. The Bertz CT molecular complexity index is 350. The summed E-state index contributed by atoms with van der Waals surface area (Å²) in [7, 11) is 0. The SMILES string of the molecule is CCC(C)C1NC(=O)C(C2CC2)N(C(C)C)C1=O. The van der Waals surface area contributed by atoms with Crippen molar-refractivity contribution in [3.05, 3.63) is 0 Å². The van der Waals surface area contributed by atoms with Gasteiger partial charge in [0.15, 0.2) is 0 Å². The van der Waals surface area contributed by atoms with E-state index in [0.29, 0.717) is 5.92 Å². The van der Waals surface area contributed by atoms with Crippen LogP contribution in [-0.2, 0) is 9.59 Å². The van der Waals surface area contributed by atoms with Crippen LogP contribution in [0.15, 0.2) is 0 Å². The minimum Gasteiger partial charge on any atom is -0.342 e. The molecule has 3 unspecified atom stereocenters. The van der Waals surface area contributed by atoms with Gasteiger partial charge in [-0.2, -0.15) is 0 Å². The van der Waals surface area contributed by atoms with Gasteiger partial charge in [0.2, 0.25) is 11.8 Å². The van der Waals surface area contributed by atoms with Crippen molar-refractivity contribution >= 4 is 11.8 Å². The Morgan fingerprint density at radius 2 is 1.89 bits per heavy atom. The maximum Gasteiger partial charge on any atom is 0.246 e. The Hall–Kier alpha value is -1.06. The van der Waals surface area contributed by atoms with E-state index in [9.17, 15) is 9.59 Å². The van der Waals surface area contributed by atoms with Crippen molar-refractivity contribution in [2.24, 2.45) is 11.8 Å². The average molecular weight is 252 g/mol. The number of nitrogens with zero attached hydrogens (tertiary/aromatic N) is 1. The molecular weight excluding hydrogens is 228 g/mol. The predicted octanol–water partition coefficient (Wildman–Crippen LogP) is 1.55. The van der Waals surface area contributed by atoms with Crippen LogP contribution < -0.4 is 5.32 Å². The van der Waals surface area contributed by atoms with Crippen molar-refractivity contribution in [2.45, 2.75) is 65.1 Å². The third-order valence-corrected chi connectivity index (χ3v) is 4.22. The number of piperazine rings is 1. The molecule has 102 valence electrons. The van der Waals surface area contributed by atoms with Crippen molar-refractivity contribution in [3.63, 3.8) is 0 Å². The molecule has 4 heteroatoms. The van der Waals surface area contributed by atoms with E-state index in [1.54, 1.807) is 0 Å². The zero-order valence-corrected chi connectivity index (χ0v) is 11.8. The molecule has 1 N–H and O–H groups in total. The third-order valence-electron chi connectivity index (χ3n) is 4.22. The molecule has 0 aromatic heterocycles. The first kappa shape index (κ1) is 13.4. The molecule has 2 amide bonds. The van der Waals surface area contributed by atoms with Crippen LogP contribution in [0, 0.1) is 11.8 Å². The van der Waals surface area contributed by atoms with E-state index in [0.717, 1.165) is 19.3 Å². The second-order valence-corrected chi connectivity index (χ2v) is 5.99. The first-order chi connectivity index (χ1) is 8.47. The first-order valence-electron chi connectivity index (χ1n) is 7.09. The fraction of sp³-hybridized carbons (Fsp3) is 0.857. The van der Waals surface area contributed by atoms with Crippen molar-refractivity contribution < 1.29 is 9.59 Å². The molecule has 1 saturated carbocycles. The highest BCUT2D eigenvalue weighted by molar-refractivity contribution is 5.97. The van der Waals surface area contributed by atoms with Gasteiger partial charge in [-0.25, -0.2) is 0 Å². The topological polar surface area (TPSA) is 49.4 Å². The fourth-order valence-electron chi connectivity index (χ4n) is 2.77. The molecule has 1 aliphatic heterocycles. The van der Waals surface area contributed by atoms with E-state index in [1.807, 2.05) is 25.7 Å². The number of amides is 2. The summed E-state index contributed by atoms with van der Waals surface area (Å²) in [5.74, 6) is 0.740. The molecule has 0 aromatic carbocycles. The van der Waals surface area contributed by atoms with Crippen molar-refractivity contribution in [1.29, 1.82) is 0 Å². The summed E-state index contributed by atoms with van der Waals surface area (Å²) < 4.78 is 0. The largest absolute Gasteiger partial charge is 0.342 e. The van der Waals surface area contributed by atoms with Crippen LogP contribution in [0.3, 0.4) is 0 Å². The van der Waals surface area contributed by atoms with Crippen molar-refractivity contribution in [3.8, 4) is 0 Å². The number of hydrogen-bond acceptors (Lipinski definition) is 2. The molecule has 1 heterocycles. The number of nitrogens with one attached hydrogen (secondary N) is 1. The Kier molecular flexibility index (Phi) is 3.64. The first-order valence-corrected chi connectivity index (χ1v) is 7.09. The lowest BCUT2D eigenvalue weighted by Crippen LogP contribution is -2.67. The van der Waals surface area contributed by atoms with Gasteiger partial charge in [-0.1, -0.05) is 20.3 Å². The van der Waals surface area contributed by atoms with Gasteiger partial charge in [0, 0.05) is 6.04 Å². The molecule has 0 aromatic rings. The van der Waals surface area contributed by atoms with Crippen LogP contribution in [0.5, 0.6) is 0 Å². The van der Waals surface area contributed by atoms with Gasteiger partial charge in [0.05, 0.1) is 0 Å².